The lowest BCUT2D eigenvalue weighted by Crippen LogP contribution is -2.47. The van der Waals surface area contributed by atoms with Crippen molar-refractivity contribution >= 4 is 6.29 Å². The molecule has 0 spiro atoms. The quantitative estimate of drug-likeness (QED) is 0.570. The minimum absolute atomic E-state index is 0.244. The Labute approximate surface area is 79.1 Å². The maximum atomic E-state index is 10.1. The second-order valence-corrected chi connectivity index (χ2v) is 3.36. The van der Waals surface area contributed by atoms with Gasteiger partial charge in [-0.1, -0.05) is 0 Å². The van der Waals surface area contributed by atoms with Crippen molar-refractivity contribution in [1.29, 1.82) is 0 Å². The molecule has 1 aliphatic rings. The Hall–Kier alpha value is -0.450. The molecule has 0 aromatic carbocycles. The molecule has 4 heteroatoms. The molecule has 1 N–H and O–H groups in total. The van der Waals surface area contributed by atoms with E-state index in [2.05, 4.69) is 9.80 Å². The van der Waals surface area contributed by atoms with Crippen molar-refractivity contribution in [2.45, 2.75) is 6.42 Å². The highest BCUT2D eigenvalue weighted by atomic mass is 16.3. The van der Waals surface area contributed by atoms with Crippen LogP contribution in [-0.4, -0.2) is 67.1 Å². The van der Waals surface area contributed by atoms with E-state index in [1.54, 1.807) is 0 Å². The standard InChI is InChI=1S/C9H18N2O2/c12-8-1-2-10-3-5-11(6-4-10)7-9-13/h8,13H,1-7,9H2. The monoisotopic (exact) mass is 186 g/mol. The third-order valence-corrected chi connectivity index (χ3v) is 2.44. The molecule has 1 aliphatic heterocycles. The average molecular weight is 186 g/mol. The Morgan fingerprint density at radius 2 is 1.62 bits per heavy atom. The van der Waals surface area contributed by atoms with E-state index in [0.29, 0.717) is 6.42 Å². The summed E-state index contributed by atoms with van der Waals surface area (Å²) >= 11 is 0. The molecule has 1 fully saturated rings. The zero-order valence-corrected chi connectivity index (χ0v) is 7.98. The lowest BCUT2D eigenvalue weighted by atomic mass is 10.3. The molecule has 1 saturated heterocycles. The molecule has 0 aromatic rings. The van der Waals surface area contributed by atoms with Crippen LogP contribution in [0.4, 0.5) is 0 Å². The van der Waals surface area contributed by atoms with Crippen LogP contribution in [0.3, 0.4) is 0 Å². The van der Waals surface area contributed by atoms with Gasteiger partial charge in [-0.25, -0.2) is 0 Å². The minimum atomic E-state index is 0.244. The van der Waals surface area contributed by atoms with Crippen molar-refractivity contribution in [2.75, 3.05) is 45.9 Å². The normalized spacial score (nSPS) is 20.4. The maximum absolute atomic E-state index is 10.1. The van der Waals surface area contributed by atoms with Gasteiger partial charge in [0.05, 0.1) is 6.61 Å². The van der Waals surface area contributed by atoms with Gasteiger partial charge in [-0.2, -0.15) is 0 Å². The van der Waals surface area contributed by atoms with E-state index in [0.717, 1.165) is 45.6 Å². The number of carbonyl (C=O) groups excluding carboxylic acids is 1. The minimum Gasteiger partial charge on any atom is -0.395 e. The molecule has 13 heavy (non-hydrogen) atoms. The van der Waals surface area contributed by atoms with Crippen LogP contribution in [-0.2, 0) is 4.79 Å². The summed E-state index contributed by atoms with van der Waals surface area (Å²) in [6, 6.07) is 0. The molecule has 0 bridgehead atoms. The number of piperazine rings is 1. The molecule has 0 aromatic heterocycles. The number of aliphatic hydroxyl groups is 1. The zero-order valence-electron chi connectivity index (χ0n) is 7.98. The number of hydrogen-bond donors (Lipinski definition) is 1. The second-order valence-electron chi connectivity index (χ2n) is 3.36. The highest BCUT2D eigenvalue weighted by Gasteiger charge is 2.14. The van der Waals surface area contributed by atoms with Crippen molar-refractivity contribution in [2.24, 2.45) is 0 Å². The largest absolute Gasteiger partial charge is 0.395 e. The van der Waals surface area contributed by atoms with Crippen LogP contribution in [0, 0.1) is 0 Å². The topological polar surface area (TPSA) is 43.8 Å². The number of hydrogen-bond acceptors (Lipinski definition) is 4. The second kappa shape index (κ2) is 6.07. The molecule has 1 heterocycles. The third kappa shape index (κ3) is 3.85. The van der Waals surface area contributed by atoms with Crippen LogP contribution in [0.2, 0.25) is 0 Å². The van der Waals surface area contributed by atoms with Gasteiger partial charge in [-0.15, -0.1) is 0 Å². The Bertz CT molecular complexity index is 145. The van der Waals surface area contributed by atoms with Crippen LogP contribution in [0.25, 0.3) is 0 Å². The van der Waals surface area contributed by atoms with Crippen LogP contribution in [0.1, 0.15) is 6.42 Å². The van der Waals surface area contributed by atoms with Crippen molar-refractivity contribution in [1.82, 2.24) is 9.80 Å². The number of β-amino-alcohol motifs (C(OH)–C–C–N with tert-alkyl or cyclic N) is 1. The summed E-state index contributed by atoms with van der Waals surface area (Å²) in [6.45, 7) is 5.98. The van der Waals surface area contributed by atoms with Gasteiger partial charge in [0.25, 0.3) is 0 Å². The Morgan fingerprint density at radius 1 is 1.08 bits per heavy atom. The van der Waals surface area contributed by atoms with Gasteiger partial charge in [0, 0.05) is 45.7 Å². The highest BCUT2D eigenvalue weighted by Crippen LogP contribution is 2.00. The van der Waals surface area contributed by atoms with Crippen LogP contribution in [0.5, 0.6) is 0 Å². The predicted molar refractivity (Wildman–Crippen MR) is 50.6 cm³/mol. The summed E-state index contributed by atoms with van der Waals surface area (Å²) in [7, 11) is 0. The van der Waals surface area contributed by atoms with Crippen LogP contribution < -0.4 is 0 Å². The Kier molecular flexibility index (Phi) is 4.97. The molecule has 0 unspecified atom stereocenters. The lowest BCUT2D eigenvalue weighted by molar-refractivity contribution is -0.108. The van der Waals surface area contributed by atoms with Gasteiger partial charge in [0.15, 0.2) is 0 Å². The Balaban J connectivity index is 2.11. The van der Waals surface area contributed by atoms with Crippen molar-refractivity contribution in [3.8, 4) is 0 Å². The number of aliphatic hydroxyl groups excluding tert-OH is 1. The van der Waals surface area contributed by atoms with E-state index in [4.69, 9.17) is 5.11 Å². The van der Waals surface area contributed by atoms with E-state index in [1.807, 2.05) is 0 Å². The van der Waals surface area contributed by atoms with Crippen LogP contribution in [0.15, 0.2) is 0 Å². The van der Waals surface area contributed by atoms with E-state index in [-0.39, 0.29) is 6.61 Å². The molecule has 1 rings (SSSR count). The first kappa shape index (κ1) is 10.6. The summed E-state index contributed by atoms with van der Waals surface area (Å²) in [4.78, 5) is 14.7. The predicted octanol–water partition coefficient (Wildman–Crippen LogP) is -0.815. The molecule has 0 aliphatic carbocycles. The maximum Gasteiger partial charge on any atom is 0.121 e. The number of aldehydes is 1. The smallest absolute Gasteiger partial charge is 0.121 e. The number of carbonyl (C=O) groups is 1. The fourth-order valence-corrected chi connectivity index (χ4v) is 1.61. The molecule has 4 nitrogen and oxygen atoms in total. The first-order valence-corrected chi connectivity index (χ1v) is 4.86. The first-order chi connectivity index (χ1) is 6.36. The van der Waals surface area contributed by atoms with E-state index >= 15 is 0 Å². The summed E-state index contributed by atoms with van der Waals surface area (Å²) < 4.78 is 0. The van der Waals surface area contributed by atoms with Gasteiger partial charge < -0.3 is 14.8 Å². The molecule has 0 atom stereocenters. The van der Waals surface area contributed by atoms with Gasteiger partial charge in [-0.05, 0) is 0 Å². The van der Waals surface area contributed by atoms with Gasteiger partial charge in [-0.3, -0.25) is 4.90 Å². The molecule has 0 amide bonds. The average Bonchev–Trinajstić information content (AvgIpc) is 2.17. The molecule has 0 saturated carbocycles. The third-order valence-electron chi connectivity index (χ3n) is 2.44. The van der Waals surface area contributed by atoms with E-state index < -0.39 is 0 Å². The fourth-order valence-electron chi connectivity index (χ4n) is 1.61. The summed E-state index contributed by atoms with van der Waals surface area (Å²) in [5.74, 6) is 0. The van der Waals surface area contributed by atoms with Gasteiger partial charge in [0.2, 0.25) is 0 Å². The van der Waals surface area contributed by atoms with Crippen molar-refractivity contribution in [3.05, 3.63) is 0 Å². The number of rotatable bonds is 5. The zero-order chi connectivity index (χ0) is 9.52. The molecular formula is C9H18N2O2. The summed E-state index contributed by atoms with van der Waals surface area (Å²) in [5, 5.41) is 8.72. The van der Waals surface area contributed by atoms with Crippen LogP contribution >= 0.6 is 0 Å². The Morgan fingerprint density at radius 3 is 2.08 bits per heavy atom. The van der Waals surface area contributed by atoms with Crippen molar-refractivity contribution in [3.63, 3.8) is 0 Å². The summed E-state index contributed by atoms with van der Waals surface area (Å²) in [6.07, 6.45) is 1.61. The molecular weight excluding hydrogens is 168 g/mol. The summed E-state index contributed by atoms with van der Waals surface area (Å²) in [5.41, 5.74) is 0. The van der Waals surface area contributed by atoms with E-state index in [1.165, 1.54) is 0 Å². The molecule has 76 valence electrons. The first-order valence-electron chi connectivity index (χ1n) is 4.86. The highest BCUT2D eigenvalue weighted by molar-refractivity contribution is 5.49. The van der Waals surface area contributed by atoms with Crippen molar-refractivity contribution < 1.29 is 9.90 Å². The SMILES string of the molecule is O=CCCN1CCN(CCO)CC1. The van der Waals surface area contributed by atoms with Gasteiger partial charge >= 0.3 is 0 Å². The van der Waals surface area contributed by atoms with E-state index in [9.17, 15) is 4.79 Å². The molecule has 0 radical (unpaired) electrons. The fraction of sp³-hybridized carbons (Fsp3) is 0.889. The van der Waals surface area contributed by atoms with Gasteiger partial charge in [0.1, 0.15) is 6.29 Å². The number of nitrogens with zero attached hydrogens (tertiary/aromatic N) is 2. The lowest BCUT2D eigenvalue weighted by Gasteiger charge is -2.33.